The number of aliphatic carboxylic acids is 1. The number of Topliss-reactive ketones (excluding diaryl/α,β-unsaturated/α-hetero) is 1. The average Bonchev–Trinajstić information content (AvgIpc) is 2.68. The third kappa shape index (κ3) is 6.52. The van der Waals surface area contributed by atoms with E-state index in [0.29, 0.717) is 17.7 Å². The molecular weight excluding hydrogens is 376 g/mol. The number of carbonyl (C=O) groups excluding carboxylic acids is 1. The highest BCUT2D eigenvalue weighted by molar-refractivity contribution is 6.00. The number of aryl methyl sites for hydroxylation is 2. The van der Waals surface area contributed by atoms with Crippen molar-refractivity contribution >= 4 is 17.4 Å². The maximum Gasteiger partial charge on any atom is 0.323 e. The van der Waals surface area contributed by atoms with Gasteiger partial charge in [0.1, 0.15) is 6.54 Å². The van der Waals surface area contributed by atoms with Gasteiger partial charge >= 0.3 is 5.97 Å². The lowest BCUT2D eigenvalue weighted by molar-refractivity contribution is -0.135. The molecule has 6 heteroatoms. The number of carbonyl (C=O) groups is 2. The van der Waals surface area contributed by atoms with Crippen molar-refractivity contribution < 1.29 is 23.5 Å². The highest BCUT2D eigenvalue weighted by Crippen LogP contribution is 2.26. The van der Waals surface area contributed by atoms with Gasteiger partial charge in [0, 0.05) is 17.3 Å². The van der Waals surface area contributed by atoms with Crippen LogP contribution in [0.2, 0.25) is 0 Å². The lowest BCUT2D eigenvalue weighted by Gasteiger charge is -2.31. The van der Waals surface area contributed by atoms with E-state index in [1.807, 2.05) is 13.8 Å². The summed E-state index contributed by atoms with van der Waals surface area (Å²) in [5.41, 5.74) is 2.12. The number of anilines is 1. The molecule has 0 bridgehead atoms. The molecule has 0 aromatic heterocycles. The minimum Gasteiger partial charge on any atom is -0.480 e. The van der Waals surface area contributed by atoms with E-state index in [9.17, 15) is 23.5 Å². The van der Waals surface area contributed by atoms with E-state index in [1.54, 1.807) is 23.1 Å². The zero-order chi connectivity index (χ0) is 22.1. The Morgan fingerprint density at radius 2 is 1.83 bits per heavy atom. The SMILES string of the molecule is C=C.CC(=O)c1ccc(C)cc1N(CC(=O)O)C(C)CCc1cccc(F)c1F. The van der Waals surface area contributed by atoms with E-state index in [0.717, 1.165) is 11.6 Å². The summed E-state index contributed by atoms with van der Waals surface area (Å²) in [4.78, 5) is 25.0. The molecule has 29 heavy (non-hydrogen) atoms. The third-order valence-electron chi connectivity index (χ3n) is 4.54. The number of nitrogens with zero attached hydrogens (tertiary/aromatic N) is 1. The number of ketones is 1. The van der Waals surface area contributed by atoms with E-state index in [4.69, 9.17) is 0 Å². The standard InChI is InChI=1S/C21H23F2NO3.C2H4/c1-13-7-10-17(15(3)25)19(11-13)24(12-20(26)27)14(2)8-9-16-5-4-6-18(22)21(16)23;1-2/h4-7,10-11,14H,8-9,12H2,1-3H3,(H,26,27);1-2H2. The molecule has 0 radical (unpaired) electrons. The van der Waals surface area contributed by atoms with Gasteiger partial charge in [0.15, 0.2) is 17.4 Å². The zero-order valence-electron chi connectivity index (χ0n) is 17.0. The highest BCUT2D eigenvalue weighted by Gasteiger charge is 2.22. The molecule has 2 rings (SSSR count). The van der Waals surface area contributed by atoms with Gasteiger partial charge in [-0.1, -0.05) is 18.2 Å². The molecule has 1 atom stereocenters. The Labute approximate surface area is 170 Å². The number of benzene rings is 2. The summed E-state index contributed by atoms with van der Waals surface area (Å²) in [7, 11) is 0. The first-order chi connectivity index (χ1) is 13.7. The van der Waals surface area contributed by atoms with Crippen LogP contribution in [0.1, 0.15) is 41.8 Å². The van der Waals surface area contributed by atoms with Crippen molar-refractivity contribution in [1.82, 2.24) is 0 Å². The van der Waals surface area contributed by atoms with Gasteiger partial charge in [-0.25, -0.2) is 8.78 Å². The molecule has 4 nitrogen and oxygen atoms in total. The number of hydrogen-bond donors (Lipinski definition) is 1. The van der Waals surface area contributed by atoms with E-state index >= 15 is 0 Å². The molecule has 0 amide bonds. The molecule has 0 fully saturated rings. The molecule has 0 aliphatic heterocycles. The van der Waals surface area contributed by atoms with Crippen LogP contribution in [0.15, 0.2) is 49.6 Å². The largest absolute Gasteiger partial charge is 0.480 e. The van der Waals surface area contributed by atoms with Crippen LogP contribution in [-0.4, -0.2) is 29.4 Å². The first-order valence-corrected chi connectivity index (χ1v) is 9.23. The zero-order valence-corrected chi connectivity index (χ0v) is 17.0. The van der Waals surface area contributed by atoms with Crippen molar-refractivity contribution in [2.45, 2.75) is 39.7 Å². The number of hydrogen-bond acceptors (Lipinski definition) is 3. The second-order valence-electron chi connectivity index (χ2n) is 6.70. The van der Waals surface area contributed by atoms with Crippen LogP contribution in [-0.2, 0) is 11.2 Å². The van der Waals surface area contributed by atoms with Crippen molar-refractivity contribution in [2.24, 2.45) is 0 Å². The smallest absolute Gasteiger partial charge is 0.323 e. The van der Waals surface area contributed by atoms with Crippen LogP contribution < -0.4 is 4.90 Å². The Morgan fingerprint density at radius 1 is 1.17 bits per heavy atom. The van der Waals surface area contributed by atoms with Crippen LogP contribution in [0.25, 0.3) is 0 Å². The maximum absolute atomic E-state index is 13.9. The van der Waals surface area contributed by atoms with E-state index < -0.39 is 17.6 Å². The average molecular weight is 403 g/mol. The molecule has 0 saturated heterocycles. The van der Waals surface area contributed by atoms with Gasteiger partial charge < -0.3 is 10.0 Å². The van der Waals surface area contributed by atoms with Crippen LogP contribution in [0.5, 0.6) is 0 Å². The van der Waals surface area contributed by atoms with Gasteiger partial charge in [0.25, 0.3) is 0 Å². The first kappa shape index (κ1) is 24.0. The van der Waals surface area contributed by atoms with E-state index in [1.165, 1.54) is 19.1 Å². The fourth-order valence-corrected chi connectivity index (χ4v) is 3.06. The monoisotopic (exact) mass is 403 g/mol. The molecule has 0 heterocycles. The van der Waals surface area contributed by atoms with Gasteiger partial charge in [-0.05, 0) is 62.9 Å². The van der Waals surface area contributed by atoms with Crippen LogP contribution in [0.3, 0.4) is 0 Å². The predicted octanol–water partition coefficient (Wildman–Crippen LogP) is 5.19. The Bertz CT molecular complexity index is 867. The minimum absolute atomic E-state index is 0.163. The molecule has 0 aliphatic rings. The van der Waals surface area contributed by atoms with Crippen molar-refractivity contribution in [3.8, 4) is 0 Å². The maximum atomic E-state index is 13.9. The van der Waals surface area contributed by atoms with E-state index in [-0.39, 0.29) is 30.4 Å². The summed E-state index contributed by atoms with van der Waals surface area (Å²) in [6, 6.07) is 8.97. The molecule has 2 aromatic rings. The number of carboxylic acids is 1. The van der Waals surface area contributed by atoms with Gasteiger partial charge in [-0.15, -0.1) is 13.2 Å². The number of rotatable bonds is 8. The van der Waals surface area contributed by atoms with Gasteiger partial charge in [-0.3, -0.25) is 9.59 Å². The fraction of sp³-hybridized carbons (Fsp3) is 0.304. The molecule has 156 valence electrons. The molecule has 0 aliphatic carbocycles. The third-order valence-corrected chi connectivity index (χ3v) is 4.54. The van der Waals surface area contributed by atoms with Gasteiger partial charge in [-0.2, -0.15) is 0 Å². The molecule has 1 unspecified atom stereocenters. The lowest BCUT2D eigenvalue weighted by atomic mass is 10.0. The van der Waals surface area contributed by atoms with Crippen LogP contribution >= 0.6 is 0 Å². The molecule has 0 spiro atoms. The summed E-state index contributed by atoms with van der Waals surface area (Å²) in [6.07, 6.45) is 0.654. The van der Waals surface area contributed by atoms with Crippen molar-refractivity contribution in [2.75, 3.05) is 11.4 Å². The summed E-state index contributed by atoms with van der Waals surface area (Å²) in [5.74, 6) is -2.98. The Morgan fingerprint density at radius 3 is 2.41 bits per heavy atom. The first-order valence-electron chi connectivity index (χ1n) is 9.23. The minimum atomic E-state index is -1.03. The van der Waals surface area contributed by atoms with Crippen LogP contribution in [0, 0.1) is 18.6 Å². The summed E-state index contributed by atoms with van der Waals surface area (Å²) >= 11 is 0. The molecule has 2 aromatic carbocycles. The summed E-state index contributed by atoms with van der Waals surface area (Å²) in [6.45, 7) is 10.8. The van der Waals surface area contributed by atoms with Crippen molar-refractivity contribution in [3.63, 3.8) is 0 Å². The van der Waals surface area contributed by atoms with E-state index in [2.05, 4.69) is 13.2 Å². The Hall–Kier alpha value is -3.02. The molecule has 1 N–H and O–H groups in total. The Kier molecular flexibility index (Phi) is 9.19. The quantitative estimate of drug-likeness (QED) is 0.487. The Balaban J connectivity index is 0.00000204. The second-order valence-corrected chi connectivity index (χ2v) is 6.70. The van der Waals surface area contributed by atoms with Gasteiger partial charge in [0.2, 0.25) is 0 Å². The highest BCUT2D eigenvalue weighted by atomic mass is 19.2. The van der Waals surface area contributed by atoms with Crippen LogP contribution in [0.4, 0.5) is 14.5 Å². The fourth-order valence-electron chi connectivity index (χ4n) is 3.06. The van der Waals surface area contributed by atoms with Crippen molar-refractivity contribution in [3.05, 3.63) is 77.9 Å². The normalized spacial score (nSPS) is 11.2. The molecular formula is C23H27F2NO3. The summed E-state index contributed by atoms with van der Waals surface area (Å²) in [5, 5.41) is 9.32. The molecule has 0 saturated carbocycles. The number of halogens is 2. The lowest BCUT2D eigenvalue weighted by Crippen LogP contribution is -2.38. The summed E-state index contributed by atoms with van der Waals surface area (Å²) < 4.78 is 27.3. The van der Waals surface area contributed by atoms with Gasteiger partial charge in [0.05, 0.1) is 0 Å². The predicted molar refractivity (Wildman–Crippen MR) is 112 cm³/mol. The topological polar surface area (TPSA) is 57.6 Å². The number of carboxylic acid groups (broad SMARTS) is 1. The van der Waals surface area contributed by atoms with Crippen molar-refractivity contribution in [1.29, 1.82) is 0 Å². The second kappa shape index (κ2) is 11.1.